The molecule has 0 atom stereocenters. The van der Waals surface area contributed by atoms with Crippen molar-refractivity contribution in [3.8, 4) is 11.5 Å². The van der Waals surface area contributed by atoms with Crippen LogP contribution < -0.4 is 4.74 Å². The largest absolute Gasteiger partial charge is 0.457 e. The van der Waals surface area contributed by atoms with Gasteiger partial charge >= 0.3 is 0 Å². The molecule has 0 amide bonds. The normalized spacial score (nSPS) is 11.2. The second kappa shape index (κ2) is 7.70. The smallest absolute Gasteiger partial charge is 0.127 e. The number of nitrogens with zero attached hydrogens (tertiary/aromatic N) is 1. The van der Waals surface area contributed by atoms with E-state index in [9.17, 15) is 0 Å². The number of halogens is 1. The van der Waals surface area contributed by atoms with Crippen molar-refractivity contribution in [1.29, 1.82) is 0 Å². The summed E-state index contributed by atoms with van der Waals surface area (Å²) in [5.41, 5.74) is 1.87. The lowest BCUT2D eigenvalue weighted by molar-refractivity contribution is 0.159. The summed E-state index contributed by atoms with van der Waals surface area (Å²) in [7, 11) is 0. The van der Waals surface area contributed by atoms with E-state index in [1.165, 1.54) is 0 Å². The molecule has 20 heavy (non-hydrogen) atoms. The number of hydrogen-bond acceptors (Lipinski definition) is 3. The van der Waals surface area contributed by atoms with Gasteiger partial charge in [0.05, 0.1) is 5.71 Å². The van der Waals surface area contributed by atoms with Gasteiger partial charge in [0.15, 0.2) is 0 Å². The third kappa shape index (κ3) is 4.10. The van der Waals surface area contributed by atoms with Gasteiger partial charge in [-0.05, 0) is 43.3 Å². The van der Waals surface area contributed by atoms with Crippen LogP contribution >= 0.6 is 15.9 Å². The first kappa shape index (κ1) is 14.6. The van der Waals surface area contributed by atoms with Crippen LogP contribution in [-0.4, -0.2) is 17.6 Å². The molecule has 0 aliphatic heterocycles. The van der Waals surface area contributed by atoms with E-state index in [2.05, 4.69) is 21.1 Å². The zero-order valence-corrected chi connectivity index (χ0v) is 12.8. The summed E-state index contributed by atoms with van der Waals surface area (Å²) in [4.78, 5) is 5.09. The molecule has 0 radical (unpaired) electrons. The van der Waals surface area contributed by atoms with E-state index < -0.39 is 0 Å². The predicted molar refractivity (Wildman–Crippen MR) is 84.9 cm³/mol. The van der Waals surface area contributed by atoms with Crippen molar-refractivity contribution < 1.29 is 9.57 Å². The Balaban J connectivity index is 2.09. The van der Waals surface area contributed by atoms with Crippen LogP contribution in [0.1, 0.15) is 12.5 Å². The molecule has 0 unspecified atom stereocenters. The second-order valence-corrected chi connectivity index (χ2v) is 4.59. The van der Waals surface area contributed by atoms with Crippen molar-refractivity contribution in [2.75, 3.05) is 11.9 Å². The minimum atomic E-state index is 0.561. The molecular weight excluding hydrogens is 318 g/mol. The first-order valence-corrected chi connectivity index (χ1v) is 7.53. The summed E-state index contributed by atoms with van der Waals surface area (Å²) >= 11 is 3.41. The lowest BCUT2D eigenvalue weighted by Crippen LogP contribution is -2.03. The third-order valence-corrected chi connectivity index (χ3v) is 3.13. The van der Waals surface area contributed by atoms with Gasteiger partial charge in [-0.25, -0.2) is 0 Å². The quantitative estimate of drug-likeness (QED) is 0.439. The Bertz CT molecular complexity index is 552. The van der Waals surface area contributed by atoms with Gasteiger partial charge in [0.2, 0.25) is 0 Å². The maximum atomic E-state index is 5.75. The molecule has 0 saturated carbocycles. The molecule has 0 spiro atoms. The van der Waals surface area contributed by atoms with E-state index in [1.54, 1.807) is 0 Å². The summed E-state index contributed by atoms with van der Waals surface area (Å²) in [6.07, 6.45) is 0. The molecule has 2 aromatic rings. The molecule has 3 nitrogen and oxygen atoms in total. The second-order valence-electron chi connectivity index (χ2n) is 4.03. The van der Waals surface area contributed by atoms with E-state index in [0.29, 0.717) is 11.9 Å². The molecular formula is C16H16BrNO2. The van der Waals surface area contributed by atoms with E-state index >= 15 is 0 Å². The van der Waals surface area contributed by atoms with Gasteiger partial charge in [-0.3, -0.25) is 0 Å². The summed E-state index contributed by atoms with van der Waals surface area (Å²) in [6.45, 7) is 2.47. The number of benzene rings is 2. The summed E-state index contributed by atoms with van der Waals surface area (Å²) < 4.78 is 5.75. The van der Waals surface area contributed by atoms with Crippen LogP contribution in [0.2, 0.25) is 0 Å². The Morgan fingerprint density at radius 2 is 1.65 bits per heavy atom. The first-order chi connectivity index (χ1) is 9.83. The van der Waals surface area contributed by atoms with E-state index in [4.69, 9.17) is 9.57 Å². The van der Waals surface area contributed by atoms with Crippen LogP contribution in [0.3, 0.4) is 0 Å². The van der Waals surface area contributed by atoms with Crippen molar-refractivity contribution in [2.45, 2.75) is 6.92 Å². The molecule has 0 fully saturated rings. The van der Waals surface area contributed by atoms with E-state index in [-0.39, 0.29) is 0 Å². The lowest BCUT2D eigenvalue weighted by atomic mass is 10.1. The molecule has 0 aromatic heterocycles. The molecule has 0 bridgehead atoms. The van der Waals surface area contributed by atoms with Gasteiger partial charge < -0.3 is 9.57 Å². The van der Waals surface area contributed by atoms with E-state index in [0.717, 1.165) is 22.8 Å². The van der Waals surface area contributed by atoms with Crippen LogP contribution in [0.4, 0.5) is 0 Å². The Kier molecular flexibility index (Phi) is 5.62. The molecule has 0 aliphatic carbocycles. The van der Waals surface area contributed by atoms with Crippen molar-refractivity contribution in [3.63, 3.8) is 0 Å². The summed E-state index contributed by atoms with van der Waals surface area (Å²) in [5.74, 6) is 1.62. The van der Waals surface area contributed by atoms with Crippen LogP contribution in [0.25, 0.3) is 0 Å². The number of alkyl halides is 1. The maximum absolute atomic E-state index is 5.75. The Hall–Kier alpha value is -1.81. The first-order valence-electron chi connectivity index (χ1n) is 6.41. The maximum Gasteiger partial charge on any atom is 0.127 e. The SMILES string of the molecule is CCON=C(CBr)c1ccc(Oc2ccccc2)cc1. The van der Waals surface area contributed by atoms with Crippen molar-refractivity contribution in [3.05, 3.63) is 60.2 Å². The molecule has 0 N–H and O–H groups in total. The summed E-state index contributed by atoms with van der Waals surface area (Å²) in [6, 6.07) is 17.5. The zero-order valence-electron chi connectivity index (χ0n) is 11.3. The van der Waals surface area contributed by atoms with Crippen molar-refractivity contribution in [2.24, 2.45) is 5.16 Å². The number of para-hydroxylation sites is 1. The van der Waals surface area contributed by atoms with E-state index in [1.807, 2.05) is 61.5 Å². The molecule has 4 heteroatoms. The zero-order chi connectivity index (χ0) is 14.2. The van der Waals surface area contributed by atoms with Crippen LogP contribution in [-0.2, 0) is 4.84 Å². The number of oxime groups is 1. The van der Waals surface area contributed by atoms with Crippen molar-refractivity contribution in [1.82, 2.24) is 0 Å². The minimum absolute atomic E-state index is 0.561. The number of ether oxygens (including phenoxy) is 1. The monoisotopic (exact) mass is 333 g/mol. The highest BCUT2D eigenvalue weighted by Crippen LogP contribution is 2.21. The van der Waals surface area contributed by atoms with Gasteiger partial charge in [0, 0.05) is 10.9 Å². The molecule has 2 aromatic carbocycles. The van der Waals surface area contributed by atoms with Gasteiger partial charge in [-0.15, -0.1) is 0 Å². The molecule has 104 valence electrons. The fourth-order valence-corrected chi connectivity index (χ4v) is 2.06. The molecule has 2 rings (SSSR count). The molecule has 0 heterocycles. The highest BCUT2D eigenvalue weighted by atomic mass is 79.9. The standard InChI is InChI=1S/C16H16BrNO2/c1-2-19-18-16(12-17)13-8-10-15(11-9-13)20-14-6-4-3-5-7-14/h3-11H,2,12H2,1H3. The Morgan fingerprint density at radius 1 is 1.00 bits per heavy atom. The highest BCUT2D eigenvalue weighted by molar-refractivity contribution is 9.09. The van der Waals surface area contributed by atoms with Crippen LogP contribution in [0.15, 0.2) is 59.8 Å². The molecule has 0 aliphatic rings. The van der Waals surface area contributed by atoms with Crippen molar-refractivity contribution >= 4 is 21.6 Å². The predicted octanol–water partition coefficient (Wildman–Crippen LogP) is 4.61. The van der Waals surface area contributed by atoms with Crippen LogP contribution in [0.5, 0.6) is 11.5 Å². The van der Waals surface area contributed by atoms with Gasteiger partial charge in [-0.2, -0.15) is 0 Å². The Labute approximate surface area is 127 Å². The van der Waals surface area contributed by atoms with Gasteiger partial charge in [-0.1, -0.05) is 39.3 Å². The van der Waals surface area contributed by atoms with Crippen LogP contribution in [0, 0.1) is 0 Å². The average Bonchev–Trinajstić information content (AvgIpc) is 2.50. The fourth-order valence-electron chi connectivity index (χ4n) is 1.64. The minimum Gasteiger partial charge on any atom is -0.457 e. The number of rotatable bonds is 6. The third-order valence-electron chi connectivity index (χ3n) is 2.60. The summed E-state index contributed by atoms with van der Waals surface area (Å²) in [5, 5.41) is 4.72. The molecule has 0 saturated heterocycles. The topological polar surface area (TPSA) is 30.8 Å². The highest BCUT2D eigenvalue weighted by Gasteiger charge is 2.04. The average molecular weight is 334 g/mol. The fraction of sp³-hybridized carbons (Fsp3) is 0.188. The number of hydrogen-bond donors (Lipinski definition) is 0. The van der Waals surface area contributed by atoms with Gasteiger partial charge in [0.25, 0.3) is 0 Å². The lowest BCUT2D eigenvalue weighted by Gasteiger charge is -2.07. The van der Waals surface area contributed by atoms with Gasteiger partial charge in [0.1, 0.15) is 18.1 Å². The Morgan fingerprint density at radius 3 is 2.25 bits per heavy atom.